The molecule has 3 aliphatic rings. The summed E-state index contributed by atoms with van der Waals surface area (Å²) in [5, 5.41) is 4.88. The van der Waals surface area contributed by atoms with Gasteiger partial charge in [0.15, 0.2) is 0 Å². The fourth-order valence-electron chi connectivity index (χ4n) is 5.76. The van der Waals surface area contributed by atoms with E-state index in [1.807, 2.05) is 48.7 Å². The van der Waals surface area contributed by atoms with Gasteiger partial charge in [-0.2, -0.15) is 9.40 Å². The van der Waals surface area contributed by atoms with Crippen LogP contribution in [0.5, 0.6) is 0 Å². The van der Waals surface area contributed by atoms with Gasteiger partial charge in [0.05, 0.1) is 15.5 Å². The number of hydrogen-bond acceptors (Lipinski definition) is 6. The summed E-state index contributed by atoms with van der Waals surface area (Å²) < 4.78 is 30.9. The number of nitrogens with zero attached hydrogens (tertiary/aromatic N) is 4. The highest BCUT2D eigenvalue weighted by Crippen LogP contribution is 2.39. The van der Waals surface area contributed by atoms with Crippen molar-refractivity contribution >= 4 is 50.3 Å². The molecular weight excluding hydrogens is 561 g/mol. The number of carbonyl (C=O) groups excluding carboxylic acids is 1. The van der Waals surface area contributed by atoms with Crippen molar-refractivity contribution in [2.45, 2.75) is 62.3 Å². The van der Waals surface area contributed by atoms with Crippen molar-refractivity contribution in [2.75, 3.05) is 13.1 Å². The smallest absolute Gasteiger partial charge is 0.266 e. The number of carbonyl (C=O) groups is 1. The van der Waals surface area contributed by atoms with Crippen LogP contribution in [0.4, 0.5) is 0 Å². The molecule has 7 nitrogen and oxygen atoms in total. The molecule has 1 aromatic heterocycles. The standard InChI is InChI=1S/C30H32N4O3S3/c35-29-27(39-30(38)34(29)25-14-6-2-7-15-25)20-23-21-33(24-12-4-1-5-13-24)31-28(23)22-11-10-16-26(19-22)40(36,37)32-17-8-3-9-18-32/h1,4-5,10-13,16,19-21,25H,2-3,6-9,14-15,17-18H2/b27-20-. The highest BCUT2D eigenvalue weighted by Gasteiger charge is 2.37. The molecular formula is C30H32N4O3S3. The number of aromatic nitrogens is 2. The zero-order chi connectivity index (χ0) is 27.7. The van der Waals surface area contributed by atoms with E-state index in [-0.39, 0.29) is 16.8 Å². The summed E-state index contributed by atoms with van der Waals surface area (Å²) in [6.45, 7) is 1.09. The largest absolute Gasteiger partial charge is 0.290 e. The Kier molecular flexibility index (Phi) is 7.94. The molecule has 0 spiro atoms. The molecule has 40 heavy (non-hydrogen) atoms. The number of thioether (sulfide) groups is 1. The van der Waals surface area contributed by atoms with Crippen LogP contribution in [0.2, 0.25) is 0 Å². The third-order valence-electron chi connectivity index (χ3n) is 7.87. The van der Waals surface area contributed by atoms with Crippen LogP contribution in [0.3, 0.4) is 0 Å². The number of sulfonamides is 1. The number of benzene rings is 2. The van der Waals surface area contributed by atoms with Crippen LogP contribution in [0.15, 0.2) is 70.6 Å². The Hall–Kier alpha value is -2.79. The molecule has 0 atom stereocenters. The van der Waals surface area contributed by atoms with Gasteiger partial charge in [0.1, 0.15) is 10.0 Å². The summed E-state index contributed by atoms with van der Waals surface area (Å²) >= 11 is 6.99. The van der Waals surface area contributed by atoms with E-state index < -0.39 is 10.0 Å². The van der Waals surface area contributed by atoms with Crippen LogP contribution in [-0.2, 0) is 14.8 Å². The Morgan fingerprint density at radius 1 is 0.925 bits per heavy atom. The minimum Gasteiger partial charge on any atom is -0.290 e. The Bertz CT molecular complexity index is 1550. The van der Waals surface area contributed by atoms with Crippen LogP contribution in [0, 0.1) is 0 Å². The molecule has 2 saturated heterocycles. The van der Waals surface area contributed by atoms with Gasteiger partial charge in [-0.3, -0.25) is 9.69 Å². The Morgan fingerprint density at radius 3 is 2.40 bits per heavy atom. The van der Waals surface area contributed by atoms with Crippen molar-refractivity contribution in [3.63, 3.8) is 0 Å². The van der Waals surface area contributed by atoms with Gasteiger partial charge in [0.25, 0.3) is 5.91 Å². The van der Waals surface area contributed by atoms with Crippen molar-refractivity contribution < 1.29 is 13.2 Å². The molecule has 0 bridgehead atoms. The first-order chi connectivity index (χ1) is 19.4. The van der Waals surface area contributed by atoms with Gasteiger partial charge < -0.3 is 0 Å². The van der Waals surface area contributed by atoms with Gasteiger partial charge in [-0.25, -0.2) is 13.1 Å². The highest BCUT2D eigenvalue weighted by atomic mass is 32.2. The number of piperidine rings is 1. The lowest BCUT2D eigenvalue weighted by molar-refractivity contribution is -0.124. The summed E-state index contributed by atoms with van der Waals surface area (Å²) in [6.07, 6.45) is 12.0. The van der Waals surface area contributed by atoms with E-state index in [1.165, 1.54) is 18.2 Å². The van der Waals surface area contributed by atoms with Crippen molar-refractivity contribution in [3.05, 3.63) is 71.3 Å². The molecule has 2 aliphatic heterocycles. The lowest BCUT2D eigenvalue weighted by Crippen LogP contribution is -2.39. The molecule has 0 N–H and O–H groups in total. The van der Waals surface area contributed by atoms with E-state index in [1.54, 1.807) is 32.1 Å². The molecule has 3 fully saturated rings. The van der Waals surface area contributed by atoms with E-state index in [2.05, 4.69) is 0 Å². The van der Waals surface area contributed by atoms with Crippen molar-refractivity contribution in [3.8, 4) is 16.9 Å². The molecule has 1 saturated carbocycles. The lowest BCUT2D eigenvalue weighted by Gasteiger charge is -2.29. The fraction of sp³-hybridized carbons (Fsp3) is 0.367. The van der Waals surface area contributed by atoms with Crippen LogP contribution in [0.25, 0.3) is 23.0 Å². The van der Waals surface area contributed by atoms with Gasteiger partial charge in [-0.15, -0.1) is 0 Å². The average molecular weight is 593 g/mol. The Labute approximate surface area is 245 Å². The molecule has 6 rings (SSSR count). The van der Waals surface area contributed by atoms with Crippen molar-refractivity contribution in [1.29, 1.82) is 0 Å². The zero-order valence-electron chi connectivity index (χ0n) is 22.2. The number of rotatable bonds is 6. The topological polar surface area (TPSA) is 75.5 Å². The van der Waals surface area contributed by atoms with Gasteiger partial charge in [-0.05, 0) is 56.0 Å². The van der Waals surface area contributed by atoms with E-state index in [9.17, 15) is 13.2 Å². The van der Waals surface area contributed by atoms with Crippen LogP contribution in [-0.4, -0.2) is 56.8 Å². The minimum absolute atomic E-state index is 0.0539. The molecule has 3 aromatic rings. The summed E-state index contributed by atoms with van der Waals surface area (Å²) in [7, 11) is -3.61. The normalized spacial score (nSPS) is 20.5. The van der Waals surface area contributed by atoms with E-state index in [0.717, 1.165) is 56.2 Å². The maximum atomic E-state index is 13.5. The molecule has 0 radical (unpaired) electrons. The van der Waals surface area contributed by atoms with Crippen molar-refractivity contribution in [2.24, 2.45) is 0 Å². The number of amides is 1. The van der Waals surface area contributed by atoms with Gasteiger partial charge in [0, 0.05) is 36.5 Å². The second-order valence-corrected chi connectivity index (χ2v) is 14.2. The fourth-order valence-corrected chi connectivity index (χ4v) is 8.72. The van der Waals surface area contributed by atoms with Crippen molar-refractivity contribution in [1.82, 2.24) is 19.0 Å². The maximum absolute atomic E-state index is 13.5. The summed E-state index contributed by atoms with van der Waals surface area (Å²) in [4.78, 5) is 16.2. The van der Waals surface area contributed by atoms with Gasteiger partial charge in [0.2, 0.25) is 10.0 Å². The third-order valence-corrected chi connectivity index (χ3v) is 11.1. The number of para-hydroxylation sites is 1. The summed E-state index contributed by atoms with van der Waals surface area (Å²) in [6, 6.07) is 16.9. The quantitative estimate of drug-likeness (QED) is 0.249. The Morgan fingerprint density at radius 2 is 1.65 bits per heavy atom. The van der Waals surface area contributed by atoms with Crippen LogP contribution in [0.1, 0.15) is 56.9 Å². The summed E-state index contributed by atoms with van der Waals surface area (Å²) in [5.74, 6) is -0.0539. The highest BCUT2D eigenvalue weighted by molar-refractivity contribution is 8.26. The zero-order valence-corrected chi connectivity index (χ0v) is 24.7. The SMILES string of the molecule is O=C1/C(=C/c2cn(-c3ccccc3)nc2-c2cccc(S(=O)(=O)N3CCCCC3)c2)SC(=S)N1C1CCCCC1. The molecule has 10 heteroatoms. The molecule has 2 aromatic carbocycles. The van der Waals surface area contributed by atoms with Gasteiger partial charge >= 0.3 is 0 Å². The number of hydrogen-bond donors (Lipinski definition) is 0. The van der Waals surface area contributed by atoms with E-state index >= 15 is 0 Å². The second kappa shape index (κ2) is 11.6. The molecule has 3 heterocycles. The minimum atomic E-state index is -3.61. The Balaban J connectivity index is 1.39. The average Bonchev–Trinajstić information content (AvgIpc) is 3.54. The first kappa shape index (κ1) is 27.4. The molecule has 1 amide bonds. The maximum Gasteiger partial charge on any atom is 0.266 e. The first-order valence-corrected chi connectivity index (χ1v) is 16.6. The summed E-state index contributed by atoms with van der Waals surface area (Å²) in [5.41, 5.74) is 2.90. The molecule has 1 aliphatic carbocycles. The number of thiocarbonyl (C=S) groups is 1. The molecule has 0 unspecified atom stereocenters. The molecule has 208 valence electrons. The predicted molar refractivity (Wildman–Crippen MR) is 163 cm³/mol. The van der Waals surface area contributed by atoms with Crippen LogP contribution < -0.4 is 0 Å². The third kappa shape index (κ3) is 5.42. The van der Waals surface area contributed by atoms with E-state index in [4.69, 9.17) is 17.3 Å². The first-order valence-electron chi connectivity index (χ1n) is 13.9. The van der Waals surface area contributed by atoms with Gasteiger partial charge in [-0.1, -0.05) is 80.0 Å². The monoisotopic (exact) mass is 592 g/mol. The lowest BCUT2D eigenvalue weighted by atomic mass is 9.94. The predicted octanol–water partition coefficient (Wildman–Crippen LogP) is 6.25. The van der Waals surface area contributed by atoms with Crippen LogP contribution >= 0.6 is 24.0 Å². The van der Waals surface area contributed by atoms with E-state index in [0.29, 0.717) is 33.6 Å². The second-order valence-electron chi connectivity index (χ2n) is 10.5.